The quantitative estimate of drug-likeness (QED) is 0.440. The number of rotatable bonds is 8. The first-order chi connectivity index (χ1) is 13.2. The summed E-state index contributed by atoms with van der Waals surface area (Å²) in [5.74, 6) is 1.64. The first-order valence-electron chi connectivity index (χ1n) is 9.84. The molecule has 1 aromatic heterocycles. The van der Waals surface area contributed by atoms with Gasteiger partial charge in [0.1, 0.15) is 5.75 Å². The van der Waals surface area contributed by atoms with E-state index in [1.165, 1.54) is 24.8 Å². The van der Waals surface area contributed by atoms with Gasteiger partial charge in [-0.25, -0.2) is 9.97 Å². The number of aromatic nitrogens is 2. The molecule has 0 N–H and O–H groups in total. The van der Waals surface area contributed by atoms with E-state index in [2.05, 4.69) is 41.2 Å². The summed E-state index contributed by atoms with van der Waals surface area (Å²) in [5.41, 5.74) is 4.53. The van der Waals surface area contributed by atoms with Crippen LogP contribution in [0.3, 0.4) is 0 Å². The average molecular weight is 361 g/mol. The van der Waals surface area contributed by atoms with Crippen LogP contribution < -0.4 is 4.74 Å². The van der Waals surface area contributed by atoms with E-state index >= 15 is 0 Å². The Kier molecular flexibility index (Phi) is 6.59. The zero-order valence-corrected chi connectivity index (χ0v) is 16.5. The fourth-order valence-electron chi connectivity index (χ4n) is 3.02. The van der Waals surface area contributed by atoms with Gasteiger partial charge in [-0.1, -0.05) is 56.2 Å². The van der Waals surface area contributed by atoms with Gasteiger partial charge in [0, 0.05) is 23.5 Å². The Morgan fingerprint density at radius 1 is 0.778 bits per heavy atom. The number of unbranched alkanes of at least 4 members (excludes halogenated alkanes) is 2. The van der Waals surface area contributed by atoms with E-state index in [4.69, 9.17) is 4.74 Å². The molecule has 27 heavy (non-hydrogen) atoms. The molecule has 3 nitrogen and oxygen atoms in total. The molecule has 0 aliphatic carbocycles. The first kappa shape index (κ1) is 19.1. The second-order valence-electron chi connectivity index (χ2n) is 7.14. The van der Waals surface area contributed by atoms with Crippen molar-refractivity contribution in [3.05, 3.63) is 66.5 Å². The Labute approximate surface area is 162 Å². The van der Waals surface area contributed by atoms with Crippen LogP contribution in [0, 0.1) is 0 Å². The lowest BCUT2D eigenvalue weighted by atomic mass is 10.0. The molecule has 3 aromatic rings. The molecule has 1 heterocycles. The Hall–Kier alpha value is -2.68. The normalized spacial score (nSPS) is 11.0. The number of benzene rings is 2. The van der Waals surface area contributed by atoms with Crippen LogP contribution in [0.4, 0.5) is 0 Å². The van der Waals surface area contributed by atoms with Gasteiger partial charge in [-0.05, 0) is 49.9 Å². The third-order valence-electron chi connectivity index (χ3n) is 4.49. The average Bonchev–Trinajstić information content (AvgIpc) is 2.69. The van der Waals surface area contributed by atoms with Crippen molar-refractivity contribution in [3.63, 3.8) is 0 Å². The minimum absolute atomic E-state index is 0.177. The fraction of sp³-hybridized carbons (Fsp3) is 0.333. The van der Waals surface area contributed by atoms with Gasteiger partial charge < -0.3 is 4.74 Å². The van der Waals surface area contributed by atoms with E-state index in [1.807, 2.05) is 50.5 Å². The minimum atomic E-state index is 0.177. The van der Waals surface area contributed by atoms with Crippen molar-refractivity contribution < 1.29 is 4.74 Å². The zero-order chi connectivity index (χ0) is 19.1. The predicted molar refractivity (Wildman–Crippen MR) is 112 cm³/mol. The molecule has 0 spiro atoms. The summed E-state index contributed by atoms with van der Waals surface area (Å²) in [6, 6.07) is 16.7. The Morgan fingerprint density at radius 2 is 1.41 bits per heavy atom. The number of hydrogen-bond donors (Lipinski definition) is 0. The van der Waals surface area contributed by atoms with Crippen LogP contribution in [0.5, 0.6) is 5.75 Å². The topological polar surface area (TPSA) is 35.0 Å². The molecule has 0 radical (unpaired) electrons. The van der Waals surface area contributed by atoms with E-state index in [-0.39, 0.29) is 6.10 Å². The summed E-state index contributed by atoms with van der Waals surface area (Å²) in [6.45, 7) is 6.29. The van der Waals surface area contributed by atoms with Crippen LogP contribution in [0.1, 0.15) is 45.6 Å². The van der Waals surface area contributed by atoms with Crippen LogP contribution in [0.25, 0.3) is 22.5 Å². The van der Waals surface area contributed by atoms with Crippen molar-refractivity contribution in [1.82, 2.24) is 9.97 Å². The summed E-state index contributed by atoms with van der Waals surface area (Å²) >= 11 is 0. The first-order valence-corrected chi connectivity index (χ1v) is 9.84. The van der Waals surface area contributed by atoms with E-state index in [0.29, 0.717) is 0 Å². The molecule has 0 unspecified atom stereocenters. The summed E-state index contributed by atoms with van der Waals surface area (Å²) in [5, 5.41) is 0. The monoisotopic (exact) mass is 360 g/mol. The molecule has 0 atom stereocenters. The maximum Gasteiger partial charge on any atom is 0.159 e. The van der Waals surface area contributed by atoms with E-state index < -0.39 is 0 Å². The summed E-state index contributed by atoms with van der Waals surface area (Å²) in [6.07, 6.45) is 8.89. The van der Waals surface area contributed by atoms with Crippen molar-refractivity contribution in [2.75, 3.05) is 0 Å². The van der Waals surface area contributed by atoms with Gasteiger partial charge in [-0.2, -0.15) is 0 Å². The van der Waals surface area contributed by atoms with Gasteiger partial charge in [0.25, 0.3) is 0 Å². The maximum absolute atomic E-state index is 5.69. The molecule has 3 rings (SSSR count). The summed E-state index contributed by atoms with van der Waals surface area (Å²) in [4.78, 5) is 9.12. The van der Waals surface area contributed by atoms with Gasteiger partial charge in [-0.15, -0.1) is 0 Å². The van der Waals surface area contributed by atoms with Crippen LogP contribution in [-0.2, 0) is 6.42 Å². The Bertz CT molecular complexity index is 822. The molecule has 0 bridgehead atoms. The molecule has 3 heteroatoms. The number of aryl methyl sites for hydroxylation is 1. The molecule has 0 fully saturated rings. The Balaban J connectivity index is 1.68. The minimum Gasteiger partial charge on any atom is -0.491 e. The number of ether oxygens (including phenoxy) is 1. The van der Waals surface area contributed by atoms with Gasteiger partial charge in [0.15, 0.2) is 5.82 Å². The largest absolute Gasteiger partial charge is 0.491 e. The highest BCUT2D eigenvalue weighted by Crippen LogP contribution is 2.23. The molecule has 0 aliphatic heterocycles. The maximum atomic E-state index is 5.69. The van der Waals surface area contributed by atoms with Crippen molar-refractivity contribution in [1.29, 1.82) is 0 Å². The van der Waals surface area contributed by atoms with Crippen molar-refractivity contribution in [3.8, 4) is 28.3 Å². The van der Waals surface area contributed by atoms with Crippen molar-refractivity contribution in [2.45, 2.75) is 52.6 Å². The third-order valence-corrected chi connectivity index (χ3v) is 4.49. The lowest BCUT2D eigenvalue weighted by Gasteiger charge is -2.10. The predicted octanol–water partition coefficient (Wildman–Crippen LogP) is 6.33. The third kappa shape index (κ3) is 5.40. The molecule has 2 aromatic carbocycles. The highest BCUT2D eigenvalue weighted by atomic mass is 16.5. The van der Waals surface area contributed by atoms with E-state index in [9.17, 15) is 0 Å². The van der Waals surface area contributed by atoms with E-state index in [1.54, 1.807) is 0 Å². The van der Waals surface area contributed by atoms with Crippen molar-refractivity contribution in [2.24, 2.45) is 0 Å². The van der Waals surface area contributed by atoms with Gasteiger partial charge in [0.05, 0.1) is 6.10 Å². The van der Waals surface area contributed by atoms with Crippen LogP contribution in [0.2, 0.25) is 0 Å². The standard InChI is InChI=1S/C24H28N2O/c1-4-5-6-7-19-8-10-21(11-9-19)24-25-16-22(17-26-24)20-12-14-23(15-13-20)27-18(2)3/h8-18H,4-7H2,1-3H3. The van der Waals surface area contributed by atoms with Gasteiger partial charge in [0.2, 0.25) is 0 Å². The molecular formula is C24H28N2O. The summed E-state index contributed by atoms with van der Waals surface area (Å²) < 4.78 is 5.69. The molecule has 0 aliphatic rings. The highest BCUT2D eigenvalue weighted by Gasteiger charge is 2.05. The second-order valence-corrected chi connectivity index (χ2v) is 7.14. The van der Waals surface area contributed by atoms with E-state index in [0.717, 1.165) is 34.7 Å². The molecule has 140 valence electrons. The fourth-order valence-corrected chi connectivity index (χ4v) is 3.02. The lowest BCUT2D eigenvalue weighted by molar-refractivity contribution is 0.242. The summed E-state index contributed by atoms with van der Waals surface area (Å²) in [7, 11) is 0. The molecule has 0 saturated heterocycles. The number of hydrogen-bond acceptors (Lipinski definition) is 3. The molecular weight excluding hydrogens is 332 g/mol. The van der Waals surface area contributed by atoms with Crippen LogP contribution in [-0.4, -0.2) is 16.1 Å². The highest BCUT2D eigenvalue weighted by molar-refractivity contribution is 5.64. The smallest absolute Gasteiger partial charge is 0.159 e. The van der Waals surface area contributed by atoms with Crippen molar-refractivity contribution >= 4 is 0 Å². The lowest BCUT2D eigenvalue weighted by Crippen LogP contribution is -2.05. The molecule has 0 amide bonds. The zero-order valence-electron chi connectivity index (χ0n) is 16.5. The SMILES string of the molecule is CCCCCc1ccc(-c2ncc(-c3ccc(OC(C)C)cc3)cn2)cc1. The number of nitrogens with zero attached hydrogens (tertiary/aromatic N) is 2. The van der Waals surface area contributed by atoms with Gasteiger partial charge in [-0.3, -0.25) is 0 Å². The second kappa shape index (κ2) is 9.31. The van der Waals surface area contributed by atoms with Crippen LogP contribution in [0.15, 0.2) is 60.9 Å². The van der Waals surface area contributed by atoms with Crippen LogP contribution >= 0.6 is 0 Å². The van der Waals surface area contributed by atoms with Gasteiger partial charge >= 0.3 is 0 Å². The Morgan fingerprint density at radius 3 is 2.00 bits per heavy atom. The molecule has 0 saturated carbocycles.